The van der Waals surface area contributed by atoms with E-state index in [0.717, 1.165) is 22.1 Å². The van der Waals surface area contributed by atoms with Crippen molar-refractivity contribution in [3.63, 3.8) is 0 Å². The van der Waals surface area contributed by atoms with E-state index in [4.69, 9.17) is 4.74 Å². The number of carbonyl (C=O) groups is 1. The van der Waals surface area contributed by atoms with Crippen LogP contribution in [0.5, 0.6) is 11.5 Å². The van der Waals surface area contributed by atoms with Crippen LogP contribution < -0.4 is 10.1 Å². The molecule has 2 aromatic rings. The van der Waals surface area contributed by atoms with Gasteiger partial charge in [0.15, 0.2) is 0 Å². The molecule has 0 radical (unpaired) electrons. The minimum absolute atomic E-state index is 0.0343. The second-order valence-corrected chi connectivity index (χ2v) is 4.61. The van der Waals surface area contributed by atoms with Crippen molar-refractivity contribution in [1.82, 2.24) is 5.32 Å². The second kappa shape index (κ2) is 6.28. The monoisotopic (exact) mass is 273 g/mol. The minimum Gasteiger partial charge on any atom is -0.508 e. The molecule has 0 saturated carbocycles. The first-order valence-electron chi connectivity index (χ1n) is 6.71. The molecule has 20 heavy (non-hydrogen) atoms. The number of ether oxygens (including phenoxy) is 1. The number of carbonyl (C=O) groups excluding carboxylic acids is 1. The number of fused-ring (bicyclic) bond motifs is 1. The Balaban J connectivity index is 2.32. The molecule has 0 spiro atoms. The van der Waals surface area contributed by atoms with Gasteiger partial charge in [-0.2, -0.15) is 0 Å². The van der Waals surface area contributed by atoms with Crippen LogP contribution in [0.1, 0.15) is 18.9 Å². The Morgan fingerprint density at radius 2 is 2.05 bits per heavy atom. The van der Waals surface area contributed by atoms with Gasteiger partial charge in [0.1, 0.15) is 11.5 Å². The molecule has 0 heterocycles. The Labute approximate surface area is 118 Å². The summed E-state index contributed by atoms with van der Waals surface area (Å²) in [5, 5.41) is 14.5. The van der Waals surface area contributed by atoms with E-state index < -0.39 is 0 Å². The smallest absolute Gasteiger partial charge is 0.219 e. The molecule has 2 rings (SSSR count). The van der Waals surface area contributed by atoms with Crippen molar-refractivity contribution in [2.24, 2.45) is 0 Å². The van der Waals surface area contributed by atoms with Gasteiger partial charge in [-0.1, -0.05) is 19.1 Å². The molecule has 0 unspecified atom stereocenters. The van der Waals surface area contributed by atoms with Gasteiger partial charge in [-0.3, -0.25) is 4.79 Å². The number of benzene rings is 2. The number of phenols is 1. The number of phenolic OH excluding ortho intramolecular Hbond substituents is 1. The maximum absolute atomic E-state index is 11.3. The first-order valence-corrected chi connectivity index (χ1v) is 6.71. The number of hydrogen-bond donors (Lipinski definition) is 2. The number of methoxy groups -OCH3 is 1. The average molecular weight is 273 g/mol. The quantitative estimate of drug-likeness (QED) is 0.880. The Kier molecular flexibility index (Phi) is 4.45. The van der Waals surface area contributed by atoms with E-state index in [1.807, 2.05) is 25.1 Å². The number of amides is 1. The highest BCUT2D eigenvalue weighted by molar-refractivity contribution is 5.89. The van der Waals surface area contributed by atoms with Gasteiger partial charge in [-0.15, -0.1) is 0 Å². The largest absolute Gasteiger partial charge is 0.508 e. The topological polar surface area (TPSA) is 58.6 Å². The molecule has 0 aliphatic rings. The lowest BCUT2D eigenvalue weighted by Crippen LogP contribution is -2.24. The Morgan fingerprint density at radius 1 is 1.30 bits per heavy atom. The number of nitrogens with one attached hydrogen (secondary N) is 1. The fourth-order valence-corrected chi connectivity index (χ4v) is 2.25. The van der Waals surface area contributed by atoms with Crippen molar-refractivity contribution in [1.29, 1.82) is 0 Å². The van der Waals surface area contributed by atoms with E-state index in [2.05, 4.69) is 5.32 Å². The zero-order chi connectivity index (χ0) is 14.5. The highest BCUT2D eigenvalue weighted by Gasteiger charge is 2.09. The SMILES string of the molecule is CCC(=O)NCCc1c(OC)ccc2ccc(O)cc12. The molecule has 2 N–H and O–H groups in total. The standard InChI is InChI=1S/C16H19NO3/c1-3-16(19)17-9-8-13-14-10-12(18)6-4-11(14)5-7-15(13)20-2/h4-7,10,18H,3,8-9H2,1-2H3,(H,17,19). The molecule has 0 atom stereocenters. The van der Waals surface area contributed by atoms with Crippen LogP contribution in [0.3, 0.4) is 0 Å². The summed E-state index contributed by atoms with van der Waals surface area (Å²) in [6.45, 7) is 2.38. The lowest BCUT2D eigenvalue weighted by atomic mass is 10.0. The maximum Gasteiger partial charge on any atom is 0.219 e. The van der Waals surface area contributed by atoms with Gasteiger partial charge in [0.25, 0.3) is 0 Å². The summed E-state index contributed by atoms with van der Waals surface area (Å²) in [4.78, 5) is 11.3. The van der Waals surface area contributed by atoms with E-state index in [1.165, 1.54) is 0 Å². The summed E-state index contributed by atoms with van der Waals surface area (Å²) in [5.74, 6) is 1.03. The maximum atomic E-state index is 11.3. The van der Waals surface area contributed by atoms with Gasteiger partial charge in [0.2, 0.25) is 5.91 Å². The van der Waals surface area contributed by atoms with Crippen molar-refractivity contribution < 1.29 is 14.6 Å². The highest BCUT2D eigenvalue weighted by atomic mass is 16.5. The van der Waals surface area contributed by atoms with Crippen LogP contribution in [0.25, 0.3) is 10.8 Å². The molecule has 0 aliphatic heterocycles. The predicted molar refractivity (Wildman–Crippen MR) is 79.2 cm³/mol. The number of rotatable bonds is 5. The fourth-order valence-electron chi connectivity index (χ4n) is 2.25. The first-order chi connectivity index (χ1) is 9.65. The molecule has 0 aliphatic carbocycles. The normalized spacial score (nSPS) is 10.5. The Morgan fingerprint density at radius 3 is 2.75 bits per heavy atom. The predicted octanol–water partition coefficient (Wildman–Crippen LogP) is 2.62. The van der Waals surface area contributed by atoms with Crippen LogP contribution in [0.2, 0.25) is 0 Å². The van der Waals surface area contributed by atoms with Crippen molar-refractivity contribution >= 4 is 16.7 Å². The summed E-state index contributed by atoms with van der Waals surface area (Å²) in [6, 6.07) is 9.14. The molecular weight excluding hydrogens is 254 g/mol. The van der Waals surface area contributed by atoms with Crippen LogP contribution in [-0.4, -0.2) is 24.7 Å². The van der Waals surface area contributed by atoms with Crippen LogP contribution in [0.4, 0.5) is 0 Å². The molecule has 0 fully saturated rings. The third-order valence-corrected chi connectivity index (χ3v) is 3.31. The molecular formula is C16H19NO3. The third-order valence-electron chi connectivity index (χ3n) is 3.31. The zero-order valence-electron chi connectivity index (χ0n) is 11.8. The molecule has 106 valence electrons. The molecule has 2 aromatic carbocycles. The zero-order valence-corrected chi connectivity index (χ0v) is 11.8. The van der Waals surface area contributed by atoms with Gasteiger partial charge in [0, 0.05) is 18.5 Å². The Hall–Kier alpha value is -2.23. The number of hydrogen-bond acceptors (Lipinski definition) is 3. The van der Waals surface area contributed by atoms with Crippen LogP contribution in [0.15, 0.2) is 30.3 Å². The van der Waals surface area contributed by atoms with Crippen molar-refractivity contribution in [3.8, 4) is 11.5 Å². The van der Waals surface area contributed by atoms with E-state index in [1.54, 1.807) is 19.2 Å². The van der Waals surface area contributed by atoms with E-state index in [0.29, 0.717) is 19.4 Å². The molecule has 0 bridgehead atoms. The third kappa shape index (κ3) is 3.02. The lowest BCUT2D eigenvalue weighted by Gasteiger charge is -2.13. The Bertz CT molecular complexity index is 622. The van der Waals surface area contributed by atoms with Crippen molar-refractivity contribution in [3.05, 3.63) is 35.9 Å². The fraction of sp³-hybridized carbons (Fsp3) is 0.312. The first kappa shape index (κ1) is 14.2. The summed E-state index contributed by atoms with van der Waals surface area (Å²) >= 11 is 0. The average Bonchev–Trinajstić information content (AvgIpc) is 2.47. The van der Waals surface area contributed by atoms with Crippen LogP contribution in [0, 0.1) is 0 Å². The number of aromatic hydroxyl groups is 1. The van der Waals surface area contributed by atoms with E-state index in [-0.39, 0.29) is 11.7 Å². The van der Waals surface area contributed by atoms with E-state index in [9.17, 15) is 9.90 Å². The van der Waals surface area contributed by atoms with Gasteiger partial charge in [-0.05, 0) is 35.4 Å². The summed E-state index contributed by atoms with van der Waals surface area (Å²) in [6.07, 6.45) is 1.14. The van der Waals surface area contributed by atoms with Gasteiger partial charge >= 0.3 is 0 Å². The summed E-state index contributed by atoms with van der Waals surface area (Å²) in [5.41, 5.74) is 0.998. The summed E-state index contributed by atoms with van der Waals surface area (Å²) in [7, 11) is 1.62. The minimum atomic E-state index is 0.0343. The molecule has 0 saturated heterocycles. The lowest BCUT2D eigenvalue weighted by molar-refractivity contribution is -0.120. The van der Waals surface area contributed by atoms with Crippen LogP contribution in [-0.2, 0) is 11.2 Å². The highest BCUT2D eigenvalue weighted by Crippen LogP contribution is 2.30. The van der Waals surface area contributed by atoms with Gasteiger partial charge in [-0.25, -0.2) is 0 Å². The second-order valence-electron chi connectivity index (χ2n) is 4.61. The van der Waals surface area contributed by atoms with Gasteiger partial charge < -0.3 is 15.2 Å². The molecule has 4 nitrogen and oxygen atoms in total. The molecule has 1 amide bonds. The van der Waals surface area contributed by atoms with Crippen molar-refractivity contribution in [2.75, 3.05) is 13.7 Å². The van der Waals surface area contributed by atoms with E-state index >= 15 is 0 Å². The summed E-state index contributed by atoms with van der Waals surface area (Å²) < 4.78 is 5.38. The van der Waals surface area contributed by atoms with Gasteiger partial charge in [0.05, 0.1) is 7.11 Å². The van der Waals surface area contributed by atoms with Crippen LogP contribution >= 0.6 is 0 Å². The molecule has 4 heteroatoms. The van der Waals surface area contributed by atoms with Crippen molar-refractivity contribution in [2.45, 2.75) is 19.8 Å². The molecule has 0 aromatic heterocycles.